The lowest BCUT2D eigenvalue weighted by Gasteiger charge is -2.26. The summed E-state index contributed by atoms with van der Waals surface area (Å²) >= 11 is 0. The summed E-state index contributed by atoms with van der Waals surface area (Å²) in [7, 11) is 0. The van der Waals surface area contributed by atoms with E-state index in [2.05, 4.69) is 25.9 Å². The molecule has 0 atom stereocenters. The normalized spacial score (nSPS) is 17.4. The summed E-state index contributed by atoms with van der Waals surface area (Å²) in [6.07, 6.45) is 5.01. The molecule has 9 heteroatoms. The highest BCUT2D eigenvalue weighted by atomic mass is 19.1. The van der Waals surface area contributed by atoms with Gasteiger partial charge < -0.3 is 25.4 Å². The first-order valence-corrected chi connectivity index (χ1v) is 11.7. The maximum atomic E-state index is 13.5. The standard InChI is InChI=1S/C25H28FN5O3/c26-17-2-1-3-19(13-17)30-25-28-15-16-12-21(24(32)29-18-6-10-33-11-7-18)23(14-22(16)31-25)34-20-4-8-27-9-5-20/h1-3,12-15,18,20,27H,4-11H2,(H,29,32)(H,28,30,31). The fraction of sp³-hybridized carbons (Fsp3) is 0.400. The van der Waals surface area contributed by atoms with Crippen molar-refractivity contribution in [2.24, 2.45) is 0 Å². The number of rotatable bonds is 6. The van der Waals surface area contributed by atoms with E-state index in [9.17, 15) is 9.18 Å². The van der Waals surface area contributed by atoms with Crippen LogP contribution in [0.15, 0.2) is 42.6 Å². The molecule has 0 unspecified atom stereocenters. The largest absolute Gasteiger partial charge is 0.489 e. The van der Waals surface area contributed by atoms with Gasteiger partial charge in [-0.05, 0) is 63.0 Å². The third kappa shape index (κ3) is 5.43. The number of piperidine rings is 1. The van der Waals surface area contributed by atoms with Crippen molar-refractivity contribution in [3.05, 3.63) is 54.0 Å². The molecule has 0 spiro atoms. The van der Waals surface area contributed by atoms with Gasteiger partial charge in [0, 0.05) is 42.6 Å². The molecule has 1 aromatic heterocycles. The van der Waals surface area contributed by atoms with Gasteiger partial charge in [0.1, 0.15) is 17.7 Å². The van der Waals surface area contributed by atoms with Crippen molar-refractivity contribution >= 4 is 28.4 Å². The summed E-state index contributed by atoms with van der Waals surface area (Å²) < 4.78 is 25.3. The first kappa shape index (κ1) is 22.5. The number of hydrogen-bond acceptors (Lipinski definition) is 7. The van der Waals surface area contributed by atoms with E-state index in [-0.39, 0.29) is 23.9 Å². The van der Waals surface area contributed by atoms with Crippen LogP contribution in [0.2, 0.25) is 0 Å². The van der Waals surface area contributed by atoms with Crippen LogP contribution in [0.1, 0.15) is 36.0 Å². The predicted octanol–water partition coefficient (Wildman–Crippen LogP) is 3.55. The number of benzene rings is 2. The molecule has 0 radical (unpaired) electrons. The third-order valence-electron chi connectivity index (χ3n) is 6.14. The highest BCUT2D eigenvalue weighted by molar-refractivity contribution is 6.01. The molecule has 0 aliphatic carbocycles. The number of carbonyl (C=O) groups is 1. The number of fused-ring (bicyclic) bond motifs is 1. The highest BCUT2D eigenvalue weighted by Crippen LogP contribution is 2.29. The summed E-state index contributed by atoms with van der Waals surface area (Å²) in [6.45, 7) is 3.06. The summed E-state index contributed by atoms with van der Waals surface area (Å²) in [5, 5.41) is 10.2. The zero-order valence-electron chi connectivity index (χ0n) is 18.9. The van der Waals surface area contributed by atoms with E-state index in [1.807, 2.05) is 0 Å². The van der Waals surface area contributed by atoms with Crippen LogP contribution in [-0.4, -0.2) is 54.3 Å². The van der Waals surface area contributed by atoms with Crippen molar-refractivity contribution in [3.63, 3.8) is 0 Å². The van der Waals surface area contributed by atoms with Crippen LogP contribution in [-0.2, 0) is 4.74 Å². The minimum Gasteiger partial charge on any atom is -0.489 e. The third-order valence-corrected chi connectivity index (χ3v) is 6.14. The van der Waals surface area contributed by atoms with Crippen LogP contribution in [0, 0.1) is 5.82 Å². The van der Waals surface area contributed by atoms with E-state index in [4.69, 9.17) is 9.47 Å². The van der Waals surface area contributed by atoms with Crippen LogP contribution >= 0.6 is 0 Å². The van der Waals surface area contributed by atoms with Gasteiger partial charge >= 0.3 is 0 Å². The Balaban J connectivity index is 1.44. The molecule has 0 bridgehead atoms. The maximum Gasteiger partial charge on any atom is 0.255 e. The lowest BCUT2D eigenvalue weighted by atomic mass is 10.1. The van der Waals surface area contributed by atoms with Crippen molar-refractivity contribution in [1.82, 2.24) is 20.6 Å². The average molecular weight is 466 g/mol. The highest BCUT2D eigenvalue weighted by Gasteiger charge is 2.23. The van der Waals surface area contributed by atoms with Crippen molar-refractivity contribution < 1.29 is 18.7 Å². The first-order chi connectivity index (χ1) is 16.6. The van der Waals surface area contributed by atoms with E-state index >= 15 is 0 Å². The topological polar surface area (TPSA) is 97.4 Å². The van der Waals surface area contributed by atoms with Crippen molar-refractivity contribution in [2.45, 2.75) is 37.8 Å². The predicted molar refractivity (Wildman–Crippen MR) is 127 cm³/mol. The van der Waals surface area contributed by atoms with E-state index < -0.39 is 0 Å². The molecule has 5 rings (SSSR count). The molecule has 3 heterocycles. The Bertz CT molecular complexity index is 1160. The molecule has 2 aliphatic rings. The zero-order valence-corrected chi connectivity index (χ0v) is 18.9. The van der Waals surface area contributed by atoms with Gasteiger partial charge in [-0.25, -0.2) is 14.4 Å². The maximum absolute atomic E-state index is 13.5. The molecule has 1 amide bonds. The number of hydrogen-bond donors (Lipinski definition) is 3. The second kappa shape index (κ2) is 10.3. The number of nitrogens with one attached hydrogen (secondary N) is 3. The van der Waals surface area contributed by atoms with E-state index in [0.29, 0.717) is 41.7 Å². The average Bonchev–Trinajstić information content (AvgIpc) is 2.85. The van der Waals surface area contributed by atoms with Crippen LogP contribution in [0.4, 0.5) is 16.0 Å². The molecule has 178 valence electrons. The molecular formula is C25H28FN5O3. The Morgan fingerprint density at radius 3 is 2.74 bits per heavy atom. The van der Waals surface area contributed by atoms with Gasteiger partial charge in [0.25, 0.3) is 5.91 Å². The number of ether oxygens (including phenoxy) is 2. The Morgan fingerprint density at radius 2 is 1.94 bits per heavy atom. The number of amides is 1. The molecule has 2 aromatic carbocycles. The van der Waals surface area contributed by atoms with Gasteiger partial charge in [-0.15, -0.1) is 0 Å². The van der Waals surface area contributed by atoms with Gasteiger partial charge in [-0.2, -0.15) is 0 Å². The summed E-state index contributed by atoms with van der Waals surface area (Å²) in [6, 6.07) is 9.78. The van der Waals surface area contributed by atoms with E-state index in [1.165, 1.54) is 12.1 Å². The first-order valence-electron chi connectivity index (χ1n) is 11.7. The number of anilines is 2. The zero-order chi connectivity index (χ0) is 23.3. The number of nitrogens with zero attached hydrogens (tertiary/aromatic N) is 2. The van der Waals surface area contributed by atoms with Crippen molar-refractivity contribution in [3.8, 4) is 5.75 Å². The Kier molecular flexibility index (Phi) is 6.82. The van der Waals surface area contributed by atoms with Gasteiger partial charge in [-0.1, -0.05) is 6.07 Å². The lowest BCUT2D eigenvalue weighted by Crippen LogP contribution is -2.39. The second-order valence-corrected chi connectivity index (χ2v) is 8.66. The van der Waals surface area contributed by atoms with E-state index in [0.717, 1.165) is 44.2 Å². The second-order valence-electron chi connectivity index (χ2n) is 8.66. The molecule has 3 N–H and O–H groups in total. The van der Waals surface area contributed by atoms with Crippen molar-refractivity contribution in [1.29, 1.82) is 0 Å². The van der Waals surface area contributed by atoms with E-state index in [1.54, 1.807) is 30.5 Å². The fourth-order valence-corrected chi connectivity index (χ4v) is 4.29. The van der Waals surface area contributed by atoms with Crippen molar-refractivity contribution in [2.75, 3.05) is 31.6 Å². The van der Waals surface area contributed by atoms with Gasteiger partial charge in [-0.3, -0.25) is 4.79 Å². The Morgan fingerprint density at radius 1 is 1.12 bits per heavy atom. The lowest BCUT2D eigenvalue weighted by molar-refractivity contribution is 0.0693. The summed E-state index contributed by atoms with van der Waals surface area (Å²) in [5.41, 5.74) is 1.67. The minimum absolute atomic E-state index is 0.0278. The van der Waals surface area contributed by atoms with Crippen LogP contribution in [0.5, 0.6) is 5.75 Å². The monoisotopic (exact) mass is 465 g/mol. The van der Waals surface area contributed by atoms with Gasteiger partial charge in [0.05, 0.1) is 11.1 Å². The molecule has 2 saturated heterocycles. The summed E-state index contributed by atoms with van der Waals surface area (Å²) in [5.74, 6) is 0.341. The Hall–Kier alpha value is -3.30. The molecule has 0 saturated carbocycles. The molecule has 8 nitrogen and oxygen atoms in total. The van der Waals surface area contributed by atoms with Crippen LogP contribution in [0.25, 0.3) is 10.9 Å². The molecule has 3 aromatic rings. The smallest absolute Gasteiger partial charge is 0.255 e. The molecule has 34 heavy (non-hydrogen) atoms. The Labute approximate surface area is 197 Å². The molecule has 2 fully saturated rings. The quantitative estimate of drug-likeness (QED) is 0.512. The fourth-order valence-electron chi connectivity index (χ4n) is 4.29. The number of carbonyl (C=O) groups excluding carboxylic acids is 1. The minimum atomic E-state index is -0.344. The van der Waals surface area contributed by atoms with Crippen LogP contribution in [0.3, 0.4) is 0 Å². The van der Waals surface area contributed by atoms with Gasteiger partial charge in [0.2, 0.25) is 5.95 Å². The SMILES string of the molecule is O=C(NC1CCOCC1)c1cc2cnc(Nc3cccc(F)c3)nc2cc1OC1CCNCC1. The van der Waals surface area contributed by atoms with Crippen LogP contribution < -0.4 is 20.7 Å². The summed E-state index contributed by atoms with van der Waals surface area (Å²) in [4.78, 5) is 22.2. The molecule has 2 aliphatic heterocycles. The number of aromatic nitrogens is 2. The number of halogens is 1. The van der Waals surface area contributed by atoms with Gasteiger partial charge in [0.15, 0.2) is 0 Å². The molecular weight excluding hydrogens is 437 g/mol.